The first-order valence-electron chi connectivity index (χ1n) is 7.23. The van der Waals surface area contributed by atoms with Crippen molar-refractivity contribution in [2.45, 2.75) is 12.8 Å². The van der Waals surface area contributed by atoms with Crippen LogP contribution in [0.5, 0.6) is 0 Å². The third kappa shape index (κ3) is 2.03. The average molecular weight is 298 g/mol. The summed E-state index contributed by atoms with van der Waals surface area (Å²) < 4.78 is 34.3. The fraction of sp³-hybridized carbons (Fsp3) is 0.125. The highest BCUT2D eigenvalue weighted by Crippen LogP contribution is 2.28. The average Bonchev–Trinajstić information content (AvgIpc) is 3.08. The first-order chi connectivity index (χ1) is 10.6. The summed E-state index contributed by atoms with van der Waals surface area (Å²) in [6, 6.07) is 16.4. The van der Waals surface area contributed by atoms with Crippen LogP contribution >= 0.6 is 0 Å². The van der Waals surface area contributed by atoms with Crippen LogP contribution in [0.25, 0.3) is 0 Å². The molecule has 0 saturated heterocycles. The van der Waals surface area contributed by atoms with E-state index in [1.165, 1.54) is 0 Å². The lowest BCUT2D eigenvalue weighted by Crippen LogP contribution is -2.39. The van der Waals surface area contributed by atoms with E-state index in [1.54, 1.807) is 24.3 Å². The monoisotopic (exact) mass is 298 g/mol. The zero-order chi connectivity index (χ0) is 15.2. The molecular weight excluding hydrogens is 285 g/mol. The number of rotatable bonds is 1. The van der Waals surface area contributed by atoms with E-state index in [4.69, 9.17) is 4.65 Å². The fourth-order valence-electron chi connectivity index (χ4n) is 2.97. The Labute approximate surface area is 126 Å². The summed E-state index contributed by atoms with van der Waals surface area (Å²) in [5.41, 5.74) is 3.00. The standard InChI is InChI=1S/C16H13BF2N2O/c18-17(19)21(15-11-10-12-6-4-5-9-14(12)15)20-16(22-17)13-7-2-1-3-8-13/h1-9H,10-11H2/b21-15-. The SMILES string of the molecule is F[B-]1(F)OC(c2ccccc2)=N/[N+]1=C1/CCc2ccccc21. The summed E-state index contributed by atoms with van der Waals surface area (Å²) in [6.45, 7) is 0. The molecule has 0 bridgehead atoms. The molecule has 1 heterocycles. The van der Waals surface area contributed by atoms with Crippen LogP contribution in [0.4, 0.5) is 8.63 Å². The van der Waals surface area contributed by atoms with E-state index in [1.807, 2.05) is 30.3 Å². The molecule has 2 aromatic carbocycles. The molecule has 110 valence electrons. The first kappa shape index (κ1) is 13.2. The Bertz CT molecular complexity index is 803. The maximum absolute atomic E-state index is 14.3. The van der Waals surface area contributed by atoms with E-state index in [2.05, 4.69) is 5.10 Å². The molecule has 0 amide bonds. The minimum Gasteiger partial charge on any atom is -0.580 e. The highest BCUT2D eigenvalue weighted by atomic mass is 19.3. The number of hydrazone groups is 1. The molecule has 1 aliphatic heterocycles. The maximum atomic E-state index is 14.3. The minimum absolute atomic E-state index is 0.0255. The van der Waals surface area contributed by atoms with E-state index in [9.17, 15) is 8.63 Å². The topological polar surface area (TPSA) is 24.6 Å². The van der Waals surface area contributed by atoms with Crippen LogP contribution in [0, 0.1) is 0 Å². The minimum atomic E-state index is -4.18. The van der Waals surface area contributed by atoms with Crippen molar-refractivity contribution in [3.63, 3.8) is 0 Å². The van der Waals surface area contributed by atoms with Crippen LogP contribution in [-0.2, 0) is 11.1 Å². The zero-order valence-corrected chi connectivity index (χ0v) is 11.7. The molecule has 2 aliphatic rings. The second-order valence-electron chi connectivity index (χ2n) is 5.40. The maximum Gasteiger partial charge on any atom is 0.859 e. The first-order valence-corrected chi connectivity index (χ1v) is 7.23. The summed E-state index contributed by atoms with van der Waals surface area (Å²) in [6.07, 6.45) is 1.30. The van der Waals surface area contributed by atoms with E-state index in [0.717, 1.165) is 22.1 Å². The molecule has 0 N–H and O–H groups in total. The molecule has 1 aliphatic carbocycles. The third-order valence-corrected chi connectivity index (χ3v) is 3.99. The lowest BCUT2D eigenvalue weighted by atomic mass is 10.0. The van der Waals surface area contributed by atoms with Gasteiger partial charge in [-0.3, -0.25) is 0 Å². The molecule has 0 unspecified atom stereocenters. The lowest BCUT2D eigenvalue weighted by molar-refractivity contribution is -0.431. The van der Waals surface area contributed by atoms with Gasteiger partial charge in [-0.25, -0.2) is 0 Å². The van der Waals surface area contributed by atoms with E-state index in [-0.39, 0.29) is 5.90 Å². The fourth-order valence-corrected chi connectivity index (χ4v) is 2.97. The van der Waals surface area contributed by atoms with Crippen molar-refractivity contribution >= 4 is 18.6 Å². The van der Waals surface area contributed by atoms with Gasteiger partial charge in [-0.2, -0.15) is 4.60 Å². The van der Waals surface area contributed by atoms with Gasteiger partial charge in [0.2, 0.25) is 5.90 Å². The number of halogens is 2. The molecular formula is C16H13BF2N2O. The van der Waals surface area contributed by atoms with Crippen LogP contribution in [0.2, 0.25) is 0 Å². The lowest BCUT2D eigenvalue weighted by Gasteiger charge is -2.12. The van der Waals surface area contributed by atoms with Gasteiger partial charge >= 0.3 is 7.04 Å². The summed E-state index contributed by atoms with van der Waals surface area (Å²) in [4.78, 5) is 0. The third-order valence-electron chi connectivity index (χ3n) is 3.99. The zero-order valence-electron chi connectivity index (χ0n) is 11.7. The van der Waals surface area contributed by atoms with Gasteiger partial charge in [-0.05, 0) is 35.3 Å². The molecule has 2 aromatic rings. The Morgan fingerprint density at radius 2 is 1.68 bits per heavy atom. The smallest absolute Gasteiger partial charge is 0.580 e. The van der Waals surface area contributed by atoms with Crippen molar-refractivity contribution in [2.75, 3.05) is 0 Å². The number of benzene rings is 2. The second kappa shape index (κ2) is 4.76. The van der Waals surface area contributed by atoms with Crippen LogP contribution in [0.15, 0.2) is 59.7 Å². The van der Waals surface area contributed by atoms with E-state index < -0.39 is 7.04 Å². The van der Waals surface area contributed by atoms with Gasteiger partial charge in [0.05, 0.1) is 0 Å². The normalized spacial score (nSPS) is 22.2. The quantitative estimate of drug-likeness (QED) is 0.742. The van der Waals surface area contributed by atoms with Crippen molar-refractivity contribution in [1.29, 1.82) is 0 Å². The number of hydrogen-bond acceptors (Lipinski definition) is 2. The van der Waals surface area contributed by atoms with Crippen molar-refractivity contribution in [3.8, 4) is 0 Å². The van der Waals surface area contributed by atoms with Gasteiger partial charge < -0.3 is 13.3 Å². The molecule has 4 rings (SSSR count). The second-order valence-corrected chi connectivity index (χ2v) is 5.40. The van der Waals surface area contributed by atoms with Gasteiger partial charge in [0, 0.05) is 17.5 Å². The largest absolute Gasteiger partial charge is 0.859 e. The number of nitrogens with zero attached hydrogens (tertiary/aromatic N) is 2. The molecule has 0 fully saturated rings. The van der Waals surface area contributed by atoms with Crippen LogP contribution in [-0.4, -0.2) is 23.2 Å². The van der Waals surface area contributed by atoms with Gasteiger partial charge in [0.1, 0.15) is 0 Å². The summed E-state index contributed by atoms with van der Waals surface area (Å²) >= 11 is 0. The van der Waals surface area contributed by atoms with Crippen LogP contribution in [0.3, 0.4) is 0 Å². The van der Waals surface area contributed by atoms with Gasteiger partial charge in [-0.15, -0.1) is 0 Å². The molecule has 6 heteroatoms. The highest BCUT2D eigenvalue weighted by Gasteiger charge is 2.56. The Morgan fingerprint density at radius 3 is 2.50 bits per heavy atom. The van der Waals surface area contributed by atoms with E-state index in [0.29, 0.717) is 17.7 Å². The number of hydrogen-bond donors (Lipinski definition) is 0. The molecule has 0 aromatic heterocycles. The molecule has 3 nitrogen and oxygen atoms in total. The molecule has 0 saturated carbocycles. The van der Waals surface area contributed by atoms with Gasteiger partial charge in [0.15, 0.2) is 5.71 Å². The summed E-state index contributed by atoms with van der Waals surface area (Å²) in [5, 5.41) is 4.06. The summed E-state index contributed by atoms with van der Waals surface area (Å²) in [5.74, 6) is -0.0255. The summed E-state index contributed by atoms with van der Waals surface area (Å²) in [7, 11) is -4.18. The highest BCUT2D eigenvalue weighted by molar-refractivity contribution is 6.55. The van der Waals surface area contributed by atoms with E-state index >= 15 is 0 Å². The Balaban J connectivity index is 1.85. The predicted molar refractivity (Wildman–Crippen MR) is 81.2 cm³/mol. The molecule has 0 spiro atoms. The molecule has 22 heavy (non-hydrogen) atoms. The van der Waals surface area contributed by atoms with Crippen molar-refractivity contribution in [2.24, 2.45) is 5.10 Å². The van der Waals surface area contributed by atoms with Crippen LogP contribution in [0.1, 0.15) is 23.1 Å². The van der Waals surface area contributed by atoms with Crippen molar-refractivity contribution in [1.82, 2.24) is 0 Å². The van der Waals surface area contributed by atoms with Gasteiger partial charge in [0.25, 0.3) is 0 Å². The number of fused-ring (bicyclic) bond motifs is 1. The van der Waals surface area contributed by atoms with Crippen molar-refractivity contribution in [3.05, 3.63) is 71.3 Å². The Morgan fingerprint density at radius 1 is 0.955 bits per heavy atom. The van der Waals surface area contributed by atoms with Crippen molar-refractivity contribution < 1.29 is 17.9 Å². The predicted octanol–water partition coefficient (Wildman–Crippen LogP) is 3.20. The molecule has 0 radical (unpaired) electrons. The molecule has 0 atom stereocenters. The number of aryl methyl sites for hydroxylation is 1. The Hall–Kier alpha value is -2.50. The van der Waals surface area contributed by atoms with Crippen LogP contribution < -0.4 is 0 Å². The van der Waals surface area contributed by atoms with Gasteiger partial charge in [-0.1, -0.05) is 36.4 Å². The Kier molecular flexibility index (Phi) is 2.85.